The van der Waals surface area contributed by atoms with Crippen molar-refractivity contribution in [3.63, 3.8) is 0 Å². The van der Waals surface area contributed by atoms with Crippen molar-refractivity contribution >= 4 is 11.7 Å². The first-order valence-corrected chi connectivity index (χ1v) is 10.4. The van der Waals surface area contributed by atoms with Crippen molar-refractivity contribution < 1.29 is 23.6 Å². The molecule has 0 aliphatic heterocycles. The molecule has 0 fully saturated rings. The maximum atomic E-state index is 12.8. The number of hydrogen-bond acceptors (Lipinski definition) is 7. The third-order valence-corrected chi connectivity index (χ3v) is 4.29. The Morgan fingerprint density at radius 1 is 0.903 bits per heavy atom. The van der Waals surface area contributed by atoms with E-state index < -0.39 is 0 Å². The molecule has 0 spiro atoms. The van der Waals surface area contributed by atoms with Crippen LogP contribution in [0, 0.1) is 0 Å². The highest BCUT2D eigenvalue weighted by Crippen LogP contribution is 2.35. The lowest BCUT2D eigenvalue weighted by Crippen LogP contribution is -2.14. The normalized spacial score (nSPS) is 10.5. The standard InChI is InChI=1S/C23H27N3O5/c1-4-13-29-19-12-11-16(15-20(19)30-14-5-2)21-22(26-31-25-21)24-23(27)17-9-7-8-10-18(17)28-6-3/h7-12,15H,4-6,13-14H2,1-3H3,(H,24,26,27). The molecule has 0 atom stereocenters. The molecule has 0 radical (unpaired) electrons. The Morgan fingerprint density at radius 2 is 1.65 bits per heavy atom. The smallest absolute Gasteiger partial charge is 0.260 e. The molecular weight excluding hydrogens is 398 g/mol. The molecule has 0 saturated heterocycles. The first-order chi connectivity index (χ1) is 15.2. The Labute approximate surface area is 181 Å². The molecule has 0 aliphatic rings. The zero-order chi connectivity index (χ0) is 22.1. The highest BCUT2D eigenvalue weighted by atomic mass is 16.6. The second-order valence-corrected chi connectivity index (χ2v) is 6.70. The molecule has 0 saturated carbocycles. The summed E-state index contributed by atoms with van der Waals surface area (Å²) in [6.45, 7) is 7.54. The quantitative estimate of drug-likeness (QED) is 0.463. The molecule has 8 nitrogen and oxygen atoms in total. The second kappa shape index (κ2) is 11.0. The number of amides is 1. The predicted octanol–water partition coefficient (Wildman–Crippen LogP) is 4.97. The Morgan fingerprint density at radius 3 is 2.39 bits per heavy atom. The van der Waals surface area contributed by atoms with Gasteiger partial charge in [0.15, 0.2) is 17.2 Å². The number of carbonyl (C=O) groups excluding carboxylic acids is 1. The van der Waals surface area contributed by atoms with Gasteiger partial charge < -0.3 is 19.5 Å². The lowest BCUT2D eigenvalue weighted by Gasteiger charge is -2.13. The second-order valence-electron chi connectivity index (χ2n) is 6.70. The Kier molecular flexibility index (Phi) is 7.86. The third-order valence-electron chi connectivity index (χ3n) is 4.29. The van der Waals surface area contributed by atoms with Gasteiger partial charge in [-0.15, -0.1) is 0 Å². The van der Waals surface area contributed by atoms with Crippen LogP contribution in [0.2, 0.25) is 0 Å². The van der Waals surface area contributed by atoms with Gasteiger partial charge in [0.1, 0.15) is 5.75 Å². The van der Waals surface area contributed by atoms with E-state index in [4.69, 9.17) is 18.8 Å². The number of nitrogens with one attached hydrogen (secondary N) is 1. The van der Waals surface area contributed by atoms with Crippen LogP contribution in [0.4, 0.5) is 5.82 Å². The fraction of sp³-hybridized carbons (Fsp3) is 0.348. The van der Waals surface area contributed by atoms with E-state index in [1.807, 2.05) is 45.0 Å². The topological polar surface area (TPSA) is 95.7 Å². The van der Waals surface area contributed by atoms with Crippen LogP contribution in [0.3, 0.4) is 0 Å². The average Bonchev–Trinajstić information content (AvgIpc) is 3.25. The molecule has 1 heterocycles. The summed E-state index contributed by atoms with van der Waals surface area (Å²) in [5, 5.41) is 10.6. The van der Waals surface area contributed by atoms with Gasteiger partial charge in [0.2, 0.25) is 5.82 Å². The molecule has 3 aromatic rings. The van der Waals surface area contributed by atoms with E-state index in [-0.39, 0.29) is 11.7 Å². The van der Waals surface area contributed by atoms with E-state index in [1.165, 1.54) is 0 Å². The molecule has 1 aromatic heterocycles. The van der Waals surface area contributed by atoms with Crippen LogP contribution in [-0.2, 0) is 0 Å². The number of aromatic nitrogens is 2. The minimum atomic E-state index is -0.369. The van der Waals surface area contributed by atoms with Gasteiger partial charge in [-0.1, -0.05) is 26.0 Å². The Hall–Kier alpha value is -3.55. The minimum Gasteiger partial charge on any atom is -0.493 e. The maximum absolute atomic E-state index is 12.8. The number of rotatable bonds is 11. The first kappa shape index (κ1) is 22.1. The van der Waals surface area contributed by atoms with E-state index in [9.17, 15) is 4.79 Å². The minimum absolute atomic E-state index is 0.208. The average molecular weight is 425 g/mol. The van der Waals surface area contributed by atoms with Crippen molar-refractivity contribution in [2.75, 3.05) is 25.1 Å². The zero-order valence-corrected chi connectivity index (χ0v) is 18.0. The maximum Gasteiger partial charge on any atom is 0.260 e. The molecule has 0 unspecified atom stereocenters. The summed E-state index contributed by atoms with van der Waals surface area (Å²) >= 11 is 0. The number of carbonyl (C=O) groups is 1. The Bertz CT molecular complexity index is 1000. The summed E-state index contributed by atoms with van der Waals surface area (Å²) in [5.74, 6) is 1.60. The predicted molar refractivity (Wildman–Crippen MR) is 117 cm³/mol. The number of hydrogen-bond donors (Lipinski definition) is 1. The van der Waals surface area contributed by atoms with E-state index in [2.05, 4.69) is 15.6 Å². The van der Waals surface area contributed by atoms with Gasteiger partial charge in [-0.25, -0.2) is 4.63 Å². The van der Waals surface area contributed by atoms with E-state index in [0.717, 1.165) is 12.8 Å². The van der Waals surface area contributed by atoms with Crippen LogP contribution in [0.1, 0.15) is 44.0 Å². The highest BCUT2D eigenvalue weighted by molar-refractivity contribution is 6.07. The summed E-state index contributed by atoms with van der Waals surface area (Å²) in [6.07, 6.45) is 1.76. The largest absolute Gasteiger partial charge is 0.493 e. The van der Waals surface area contributed by atoms with Crippen LogP contribution < -0.4 is 19.5 Å². The van der Waals surface area contributed by atoms with E-state index >= 15 is 0 Å². The molecule has 3 rings (SSSR count). The van der Waals surface area contributed by atoms with Gasteiger partial charge in [-0.2, -0.15) is 0 Å². The number of para-hydroxylation sites is 1. The molecule has 1 amide bonds. The monoisotopic (exact) mass is 425 g/mol. The van der Waals surface area contributed by atoms with E-state index in [0.29, 0.717) is 53.9 Å². The van der Waals surface area contributed by atoms with Crippen LogP contribution >= 0.6 is 0 Å². The van der Waals surface area contributed by atoms with Crippen molar-refractivity contribution in [2.24, 2.45) is 0 Å². The first-order valence-electron chi connectivity index (χ1n) is 10.4. The van der Waals surface area contributed by atoms with Gasteiger partial charge in [-0.3, -0.25) is 4.79 Å². The van der Waals surface area contributed by atoms with E-state index in [1.54, 1.807) is 18.2 Å². The molecule has 8 heteroatoms. The molecular formula is C23H27N3O5. The number of benzene rings is 2. The number of ether oxygens (including phenoxy) is 3. The summed E-state index contributed by atoms with van der Waals surface area (Å²) in [7, 11) is 0. The molecule has 31 heavy (non-hydrogen) atoms. The van der Waals surface area contributed by atoms with Gasteiger partial charge in [0.25, 0.3) is 5.91 Å². The highest BCUT2D eigenvalue weighted by Gasteiger charge is 2.20. The van der Waals surface area contributed by atoms with Crippen LogP contribution in [0.25, 0.3) is 11.3 Å². The van der Waals surface area contributed by atoms with Crippen molar-refractivity contribution in [2.45, 2.75) is 33.6 Å². The van der Waals surface area contributed by atoms with Gasteiger partial charge >= 0.3 is 0 Å². The summed E-state index contributed by atoms with van der Waals surface area (Å²) in [5.41, 5.74) is 1.48. The lowest BCUT2D eigenvalue weighted by atomic mass is 10.1. The number of nitrogens with zero attached hydrogens (tertiary/aromatic N) is 2. The molecule has 164 valence electrons. The van der Waals surface area contributed by atoms with Crippen LogP contribution in [0.5, 0.6) is 17.2 Å². The van der Waals surface area contributed by atoms with Gasteiger partial charge in [-0.05, 0) is 60.4 Å². The summed E-state index contributed by atoms with van der Waals surface area (Å²) in [6, 6.07) is 12.5. The van der Waals surface area contributed by atoms with Crippen molar-refractivity contribution in [3.8, 4) is 28.5 Å². The lowest BCUT2D eigenvalue weighted by molar-refractivity contribution is 0.102. The zero-order valence-electron chi connectivity index (χ0n) is 18.0. The molecule has 1 N–H and O–H groups in total. The summed E-state index contributed by atoms with van der Waals surface area (Å²) in [4.78, 5) is 12.8. The van der Waals surface area contributed by atoms with Crippen LogP contribution in [-0.4, -0.2) is 36.0 Å². The van der Waals surface area contributed by atoms with Crippen molar-refractivity contribution in [3.05, 3.63) is 48.0 Å². The molecule has 0 bridgehead atoms. The molecule has 2 aromatic carbocycles. The van der Waals surface area contributed by atoms with Crippen molar-refractivity contribution in [1.29, 1.82) is 0 Å². The van der Waals surface area contributed by atoms with Gasteiger partial charge in [0, 0.05) is 5.56 Å². The molecule has 0 aliphatic carbocycles. The van der Waals surface area contributed by atoms with Crippen molar-refractivity contribution in [1.82, 2.24) is 10.3 Å². The van der Waals surface area contributed by atoms with Gasteiger partial charge in [0.05, 0.1) is 25.4 Å². The van der Waals surface area contributed by atoms with Crippen LogP contribution in [0.15, 0.2) is 47.1 Å². The third kappa shape index (κ3) is 5.53. The SMILES string of the molecule is CCCOc1ccc(-c2nonc2NC(=O)c2ccccc2OCC)cc1OCCC. The fourth-order valence-corrected chi connectivity index (χ4v) is 2.88. The fourth-order valence-electron chi connectivity index (χ4n) is 2.88. The summed E-state index contributed by atoms with van der Waals surface area (Å²) < 4.78 is 22.1. The number of anilines is 1. The Balaban J connectivity index is 1.86.